The summed E-state index contributed by atoms with van der Waals surface area (Å²) in [4.78, 5) is 12.2. The highest BCUT2D eigenvalue weighted by Gasteiger charge is 2.42. The highest BCUT2D eigenvalue weighted by Crippen LogP contribution is 2.33. The molecule has 2 heterocycles. The molecule has 0 aromatic rings. The number of carbonyl (C=O) groups excluding carboxylic acids is 1. The smallest absolute Gasteiger partial charge is 0.224 e. The van der Waals surface area contributed by atoms with Gasteiger partial charge in [-0.25, -0.2) is 0 Å². The van der Waals surface area contributed by atoms with E-state index in [1.165, 1.54) is 38.5 Å². The highest BCUT2D eigenvalue weighted by atomic mass is 16.2. The maximum absolute atomic E-state index is 12.2. The molecule has 0 spiro atoms. The molecule has 2 bridgehead atoms. The SMILES string of the molecule is CCCCCCC(C)NC(=O)C1CC2CCC1N2. The molecular weight excluding hydrogens is 224 g/mol. The van der Waals surface area contributed by atoms with E-state index >= 15 is 0 Å². The minimum atomic E-state index is 0.238. The van der Waals surface area contributed by atoms with Crippen molar-refractivity contribution in [2.45, 2.75) is 83.3 Å². The normalized spacial score (nSPS) is 31.6. The minimum absolute atomic E-state index is 0.238. The molecule has 0 aromatic carbocycles. The van der Waals surface area contributed by atoms with Crippen LogP contribution in [0.25, 0.3) is 0 Å². The molecule has 2 aliphatic heterocycles. The number of hydrogen-bond donors (Lipinski definition) is 2. The molecule has 2 fully saturated rings. The van der Waals surface area contributed by atoms with Gasteiger partial charge in [0.2, 0.25) is 5.91 Å². The molecule has 3 nitrogen and oxygen atoms in total. The van der Waals surface area contributed by atoms with Gasteiger partial charge in [-0.05, 0) is 32.6 Å². The number of carbonyl (C=O) groups is 1. The van der Waals surface area contributed by atoms with Gasteiger partial charge in [-0.3, -0.25) is 4.79 Å². The number of rotatable bonds is 7. The summed E-state index contributed by atoms with van der Waals surface area (Å²) in [5, 5.41) is 6.74. The van der Waals surface area contributed by atoms with Gasteiger partial charge in [0.1, 0.15) is 0 Å². The average Bonchev–Trinajstić information content (AvgIpc) is 2.96. The predicted octanol–water partition coefficient (Wildman–Crippen LogP) is 2.60. The van der Waals surface area contributed by atoms with E-state index < -0.39 is 0 Å². The zero-order chi connectivity index (χ0) is 13.0. The highest BCUT2D eigenvalue weighted by molar-refractivity contribution is 5.80. The first-order chi connectivity index (χ1) is 8.70. The van der Waals surface area contributed by atoms with Crippen LogP contribution in [0, 0.1) is 5.92 Å². The predicted molar refractivity (Wildman–Crippen MR) is 74.4 cm³/mol. The summed E-state index contributed by atoms with van der Waals surface area (Å²) in [6.45, 7) is 4.37. The van der Waals surface area contributed by atoms with Crippen LogP contribution in [0.2, 0.25) is 0 Å². The van der Waals surface area contributed by atoms with E-state index in [2.05, 4.69) is 24.5 Å². The molecule has 18 heavy (non-hydrogen) atoms. The van der Waals surface area contributed by atoms with Crippen molar-refractivity contribution in [1.82, 2.24) is 10.6 Å². The van der Waals surface area contributed by atoms with Gasteiger partial charge < -0.3 is 10.6 Å². The summed E-state index contributed by atoms with van der Waals surface area (Å²) in [5.41, 5.74) is 0. The van der Waals surface area contributed by atoms with Gasteiger partial charge in [0.05, 0.1) is 5.92 Å². The summed E-state index contributed by atoms with van der Waals surface area (Å²) in [7, 11) is 0. The molecule has 2 aliphatic rings. The van der Waals surface area contributed by atoms with Crippen molar-refractivity contribution in [3.05, 3.63) is 0 Å². The van der Waals surface area contributed by atoms with Crippen molar-refractivity contribution in [2.75, 3.05) is 0 Å². The van der Waals surface area contributed by atoms with Crippen molar-refractivity contribution in [3.63, 3.8) is 0 Å². The van der Waals surface area contributed by atoms with Gasteiger partial charge in [0, 0.05) is 18.1 Å². The fourth-order valence-corrected chi connectivity index (χ4v) is 3.41. The third-order valence-electron chi connectivity index (χ3n) is 4.52. The molecule has 0 aliphatic carbocycles. The molecule has 104 valence electrons. The molecule has 3 heteroatoms. The Labute approximate surface area is 111 Å². The quantitative estimate of drug-likeness (QED) is 0.684. The summed E-state index contributed by atoms with van der Waals surface area (Å²) in [5.74, 6) is 0.527. The fourth-order valence-electron chi connectivity index (χ4n) is 3.41. The van der Waals surface area contributed by atoms with E-state index in [1.54, 1.807) is 0 Å². The van der Waals surface area contributed by atoms with Crippen LogP contribution in [0.4, 0.5) is 0 Å². The number of nitrogens with one attached hydrogen (secondary N) is 2. The molecule has 0 aromatic heterocycles. The van der Waals surface area contributed by atoms with Gasteiger partial charge in [-0.15, -0.1) is 0 Å². The molecule has 1 amide bonds. The van der Waals surface area contributed by atoms with Gasteiger partial charge >= 0.3 is 0 Å². The first-order valence-corrected chi connectivity index (χ1v) is 7.77. The Morgan fingerprint density at radius 2 is 2.17 bits per heavy atom. The van der Waals surface area contributed by atoms with Crippen molar-refractivity contribution < 1.29 is 4.79 Å². The second-order valence-electron chi connectivity index (χ2n) is 6.15. The fraction of sp³-hybridized carbons (Fsp3) is 0.933. The van der Waals surface area contributed by atoms with Crippen molar-refractivity contribution in [2.24, 2.45) is 5.92 Å². The largest absolute Gasteiger partial charge is 0.353 e. The summed E-state index contributed by atoms with van der Waals surface area (Å²) in [6, 6.07) is 1.42. The van der Waals surface area contributed by atoms with Crippen LogP contribution in [-0.4, -0.2) is 24.0 Å². The zero-order valence-electron chi connectivity index (χ0n) is 11.9. The van der Waals surface area contributed by atoms with Crippen LogP contribution >= 0.6 is 0 Å². The summed E-state index contributed by atoms with van der Waals surface area (Å²) in [6.07, 6.45) is 9.76. The molecular formula is C15H28N2O. The Bertz CT molecular complexity index is 280. The van der Waals surface area contributed by atoms with Crippen molar-refractivity contribution in [1.29, 1.82) is 0 Å². The Hall–Kier alpha value is -0.570. The Morgan fingerprint density at radius 3 is 2.78 bits per heavy atom. The lowest BCUT2D eigenvalue weighted by atomic mass is 9.88. The minimum Gasteiger partial charge on any atom is -0.353 e. The van der Waals surface area contributed by atoms with Crippen LogP contribution in [0.5, 0.6) is 0 Å². The second kappa shape index (κ2) is 6.55. The Balaban J connectivity index is 1.64. The Morgan fingerprint density at radius 1 is 1.33 bits per heavy atom. The summed E-state index contributed by atoms with van der Waals surface area (Å²) < 4.78 is 0. The molecule has 2 rings (SSSR count). The third-order valence-corrected chi connectivity index (χ3v) is 4.52. The average molecular weight is 252 g/mol. The van der Waals surface area contributed by atoms with Crippen LogP contribution in [0.15, 0.2) is 0 Å². The number of amides is 1. The lowest BCUT2D eigenvalue weighted by Gasteiger charge is -2.22. The third kappa shape index (κ3) is 3.47. The first-order valence-electron chi connectivity index (χ1n) is 7.77. The summed E-state index contributed by atoms with van der Waals surface area (Å²) >= 11 is 0. The van der Waals surface area contributed by atoms with E-state index in [-0.39, 0.29) is 11.8 Å². The van der Waals surface area contributed by atoms with Crippen molar-refractivity contribution in [3.8, 4) is 0 Å². The van der Waals surface area contributed by atoms with Gasteiger partial charge in [0.15, 0.2) is 0 Å². The molecule has 2 N–H and O–H groups in total. The van der Waals surface area contributed by atoms with E-state index in [1.807, 2.05) is 0 Å². The maximum atomic E-state index is 12.2. The van der Waals surface area contributed by atoms with E-state index in [9.17, 15) is 4.79 Å². The standard InChI is InChI=1S/C15H28N2O/c1-3-4-5-6-7-11(2)16-15(18)13-10-12-8-9-14(13)17-12/h11-14,17H,3-10H2,1-2H3,(H,16,18). The Kier molecular flexibility index (Phi) is 5.04. The topological polar surface area (TPSA) is 41.1 Å². The molecule has 0 saturated carbocycles. The van der Waals surface area contributed by atoms with E-state index in [0.717, 1.165) is 12.8 Å². The lowest BCUT2D eigenvalue weighted by Crippen LogP contribution is -2.41. The second-order valence-corrected chi connectivity index (χ2v) is 6.15. The van der Waals surface area contributed by atoms with E-state index in [4.69, 9.17) is 0 Å². The van der Waals surface area contributed by atoms with Crippen LogP contribution in [0.3, 0.4) is 0 Å². The van der Waals surface area contributed by atoms with Crippen LogP contribution < -0.4 is 10.6 Å². The van der Waals surface area contributed by atoms with Gasteiger partial charge in [-0.2, -0.15) is 0 Å². The van der Waals surface area contributed by atoms with Crippen LogP contribution in [0.1, 0.15) is 65.2 Å². The monoisotopic (exact) mass is 252 g/mol. The zero-order valence-corrected chi connectivity index (χ0v) is 11.9. The van der Waals surface area contributed by atoms with E-state index in [0.29, 0.717) is 18.1 Å². The lowest BCUT2D eigenvalue weighted by molar-refractivity contribution is -0.126. The van der Waals surface area contributed by atoms with Crippen LogP contribution in [-0.2, 0) is 4.79 Å². The maximum Gasteiger partial charge on any atom is 0.224 e. The number of unbranched alkanes of at least 4 members (excludes halogenated alkanes) is 3. The van der Waals surface area contributed by atoms with Gasteiger partial charge in [-0.1, -0.05) is 32.6 Å². The number of fused-ring (bicyclic) bond motifs is 2. The van der Waals surface area contributed by atoms with Gasteiger partial charge in [0.25, 0.3) is 0 Å². The molecule has 0 radical (unpaired) electrons. The number of hydrogen-bond acceptors (Lipinski definition) is 2. The molecule has 4 unspecified atom stereocenters. The first kappa shape index (κ1) is 13.9. The molecule has 4 atom stereocenters. The molecule has 2 saturated heterocycles. The van der Waals surface area contributed by atoms with Crippen molar-refractivity contribution >= 4 is 5.91 Å².